The molecule has 0 saturated carbocycles. The first kappa shape index (κ1) is 11.3. The van der Waals surface area contributed by atoms with E-state index in [1.165, 1.54) is 6.07 Å². The minimum atomic E-state index is -0.369. The first-order valence-corrected chi connectivity index (χ1v) is 5.37. The Morgan fingerprint density at radius 2 is 1.82 bits per heavy atom. The summed E-state index contributed by atoms with van der Waals surface area (Å²) in [4.78, 5) is 10.3. The highest BCUT2D eigenvalue weighted by molar-refractivity contribution is 5.36. The van der Waals surface area contributed by atoms with E-state index >= 15 is 0 Å². The SMILES string of the molecule is O=[N+]([O-])c1cccc(C[CH]c2ccccc2)c1. The highest BCUT2D eigenvalue weighted by Crippen LogP contribution is 2.15. The lowest BCUT2D eigenvalue weighted by Crippen LogP contribution is -1.92. The molecule has 0 aliphatic rings. The molecule has 0 saturated heterocycles. The molecule has 2 rings (SSSR count). The molecule has 0 heterocycles. The highest BCUT2D eigenvalue weighted by atomic mass is 16.6. The van der Waals surface area contributed by atoms with Gasteiger partial charge in [-0.2, -0.15) is 0 Å². The molecular formula is C14H12NO2. The number of non-ortho nitro benzene ring substituents is 1. The van der Waals surface area contributed by atoms with Crippen molar-refractivity contribution in [2.45, 2.75) is 6.42 Å². The van der Waals surface area contributed by atoms with Crippen LogP contribution >= 0.6 is 0 Å². The van der Waals surface area contributed by atoms with Gasteiger partial charge in [0, 0.05) is 12.1 Å². The number of nitrogens with zero attached hydrogens (tertiary/aromatic N) is 1. The van der Waals surface area contributed by atoms with Gasteiger partial charge in [0.25, 0.3) is 5.69 Å². The lowest BCUT2D eigenvalue weighted by molar-refractivity contribution is -0.384. The Morgan fingerprint density at radius 3 is 2.53 bits per heavy atom. The van der Waals surface area contributed by atoms with Crippen LogP contribution in [-0.2, 0) is 6.42 Å². The monoisotopic (exact) mass is 226 g/mol. The van der Waals surface area contributed by atoms with Gasteiger partial charge in [-0.3, -0.25) is 10.1 Å². The molecule has 0 unspecified atom stereocenters. The van der Waals surface area contributed by atoms with Crippen LogP contribution in [0.1, 0.15) is 11.1 Å². The molecule has 2 aromatic rings. The summed E-state index contributed by atoms with van der Waals surface area (Å²) in [6.45, 7) is 0. The molecule has 2 aromatic carbocycles. The fourth-order valence-corrected chi connectivity index (χ4v) is 1.62. The summed E-state index contributed by atoms with van der Waals surface area (Å²) >= 11 is 0. The van der Waals surface area contributed by atoms with Crippen LogP contribution in [0, 0.1) is 16.5 Å². The summed E-state index contributed by atoms with van der Waals surface area (Å²) in [5, 5.41) is 10.6. The van der Waals surface area contributed by atoms with Crippen LogP contribution in [-0.4, -0.2) is 4.92 Å². The van der Waals surface area contributed by atoms with E-state index in [9.17, 15) is 10.1 Å². The van der Waals surface area contributed by atoms with Crippen molar-refractivity contribution in [3.63, 3.8) is 0 Å². The van der Waals surface area contributed by atoms with Crippen LogP contribution in [0.3, 0.4) is 0 Å². The summed E-state index contributed by atoms with van der Waals surface area (Å²) in [6.07, 6.45) is 2.75. The molecule has 1 radical (unpaired) electrons. The van der Waals surface area contributed by atoms with Gasteiger partial charge in [0.1, 0.15) is 0 Å². The molecule has 0 bridgehead atoms. The van der Waals surface area contributed by atoms with Gasteiger partial charge in [0.15, 0.2) is 0 Å². The molecule has 0 spiro atoms. The van der Waals surface area contributed by atoms with Crippen LogP contribution in [0.2, 0.25) is 0 Å². The molecule has 0 fully saturated rings. The average Bonchev–Trinajstić information content (AvgIpc) is 2.38. The summed E-state index contributed by atoms with van der Waals surface area (Å²) in [7, 11) is 0. The van der Waals surface area contributed by atoms with Gasteiger partial charge in [0.05, 0.1) is 4.92 Å². The molecular weight excluding hydrogens is 214 g/mol. The van der Waals surface area contributed by atoms with Crippen LogP contribution in [0.25, 0.3) is 0 Å². The van der Waals surface area contributed by atoms with E-state index in [0.29, 0.717) is 6.42 Å². The number of hydrogen-bond donors (Lipinski definition) is 0. The van der Waals surface area contributed by atoms with Crippen LogP contribution in [0.15, 0.2) is 54.6 Å². The second kappa shape index (κ2) is 5.25. The Labute approximate surface area is 99.9 Å². The van der Waals surface area contributed by atoms with Crippen molar-refractivity contribution in [3.05, 3.63) is 82.3 Å². The van der Waals surface area contributed by atoms with E-state index in [1.54, 1.807) is 12.1 Å². The molecule has 0 atom stereocenters. The summed E-state index contributed by atoms with van der Waals surface area (Å²) in [6, 6.07) is 16.7. The van der Waals surface area contributed by atoms with E-state index in [0.717, 1.165) is 11.1 Å². The molecule has 3 nitrogen and oxygen atoms in total. The van der Waals surface area contributed by atoms with E-state index in [4.69, 9.17) is 0 Å². The van der Waals surface area contributed by atoms with Gasteiger partial charge in [-0.15, -0.1) is 0 Å². The second-order valence-electron chi connectivity index (χ2n) is 3.75. The van der Waals surface area contributed by atoms with E-state index in [2.05, 4.69) is 6.42 Å². The number of rotatable bonds is 4. The Bertz CT molecular complexity index is 509. The topological polar surface area (TPSA) is 43.1 Å². The van der Waals surface area contributed by atoms with Gasteiger partial charge in [-0.05, 0) is 24.0 Å². The maximum atomic E-state index is 10.6. The second-order valence-corrected chi connectivity index (χ2v) is 3.75. The zero-order valence-electron chi connectivity index (χ0n) is 9.24. The zero-order valence-corrected chi connectivity index (χ0v) is 9.24. The van der Waals surface area contributed by atoms with E-state index in [-0.39, 0.29) is 10.6 Å². The first-order valence-electron chi connectivity index (χ1n) is 5.37. The molecule has 85 valence electrons. The van der Waals surface area contributed by atoms with Crippen molar-refractivity contribution in [1.82, 2.24) is 0 Å². The molecule has 3 heteroatoms. The summed E-state index contributed by atoms with van der Waals surface area (Å²) in [5.41, 5.74) is 2.21. The smallest absolute Gasteiger partial charge is 0.258 e. The third-order valence-electron chi connectivity index (χ3n) is 2.49. The quantitative estimate of drug-likeness (QED) is 0.592. The maximum Gasteiger partial charge on any atom is 0.269 e. The van der Waals surface area contributed by atoms with Crippen LogP contribution in [0.4, 0.5) is 5.69 Å². The van der Waals surface area contributed by atoms with Crippen molar-refractivity contribution in [2.24, 2.45) is 0 Å². The van der Waals surface area contributed by atoms with Crippen molar-refractivity contribution in [2.75, 3.05) is 0 Å². The van der Waals surface area contributed by atoms with Crippen molar-refractivity contribution in [1.29, 1.82) is 0 Å². The predicted octanol–water partition coefficient (Wildman–Crippen LogP) is 3.39. The largest absolute Gasteiger partial charge is 0.269 e. The number of hydrogen-bond acceptors (Lipinski definition) is 2. The van der Waals surface area contributed by atoms with Gasteiger partial charge in [-0.1, -0.05) is 42.5 Å². The average molecular weight is 226 g/mol. The van der Waals surface area contributed by atoms with Crippen molar-refractivity contribution >= 4 is 5.69 Å². The van der Waals surface area contributed by atoms with Gasteiger partial charge >= 0.3 is 0 Å². The standard InChI is InChI=1S/C14H12NO2/c16-15(17)14-8-4-7-13(11-14)10-9-12-5-2-1-3-6-12/h1-9,11H,10H2. The number of nitro benzene ring substituents is 1. The molecule has 0 N–H and O–H groups in total. The normalized spacial score (nSPS) is 10.1. The molecule has 0 amide bonds. The Kier molecular flexibility index (Phi) is 3.50. The Morgan fingerprint density at radius 1 is 1.06 bits per heavy atom. The zero-order chi connectivity index (χ0) is 12.1. The van der Waals surface area contributed by atoms with Crippen LogP contribution in [0.5, 0.6) is 0 Å². The minimum Gasteiger partial charge on any atom is -0.258 e. The van der Waals surface area contributed by atoms with Gasteiger partial charge < -0.3 is 0 Å². The van der Waals surface area contributed by atoms with Crippen LogP contribution < -0.4 is 0 Å². The number of benzene rings is 2. The highest BCUT2D eigenvalue weighted by Gasteiger charge is 2.05. The third kappa shape index (κ3) is 3.14. The summed E-state index contributed by atoms with van der Waals surface area (Å²) < 4.78 is 0. The lowest BCUT2D eigenvalue weighted by Gasteiger charge is -2.01. The van der Waals surface area contributed by atoms with E-state index in [1.807, 2.05) is 36.4 Å². The third-order valence-corrected chi connectivity index (χ3v) is 2.49. The molecule has 0 aliphatic heterocycles. The predicted molar refractivity (Wildman–Crippen MR) is 66.6 cm³/mol. The minimum absolute atomic E-state index is 0.143. The van der Waals surface area contributed by atoms with Gasteiger partial charge in [0.2, 0.25) is 0 Å². The van der Waals surface area contributed by atoms with Crippen molar-refractivity contribution < 1.29 is 4.92 Å². The fourth-order valence-electron chi connectivity index (χ4n) is 1.62. The number of nitro groups is 1. The van der Waals surface area contributed by atoms with Gasteiger partial charge in [-0.25, -0.2) is 0 Å². The maximum absolute atomic E-state index is 10.6. The summed E-state index contributed by atoms with van der Waals surface area (Å²) in [5.74, 6) is 0. The first-order chi connectivity index (χ1) is 8.25. The lowest BCUT2D eigenvalue weighted by atomic mass is 10.0. The van der Waals surface area contributed by atoms with Crippen molar-refractivity contribution in [3.8, 4) is 0 Å². The molecule has 0 aliphatic carbocycles. The Balaban J connectivity index is 2.04. The molecule has 17 heavy (non-hydrogen) atoms. The molecule has 0 aromatic heterocycles. The fraction of sp³-hybridized carbons (Fsp3) is 0.0714. The van der Waals surface area contributed by atoms with E-state index < -0.39 is 0 Å². The Hall–Kier alpha value is -2.16.